The molecule has 4 aromatic rings. The average Bonchev–Trinajstić information content (AvgIpc) is 2.99. The molecular formula is C28H21ClN4O10S. The number of thioether (sulfide) groups is 1. The maximum Gasteiger partial charge on any atom is 0.259 e. The Bertz CT molecular complexity index is 2080. The van der Waals surface area contributed by atoms with Gasteiger partial charge < -0.3 is 38.8 Å². The lowest BCUT2D eigenvalue weighted by atomic mass is 9.84. The Balaban J connectivity index is 1.80. The van der Waals surface area contributed by atoms with Gasteiger partial charge in [0, 0.05) is 35.8 Å². The number of phenols is 2. The van der Waals surface area contributed by atoms with Crippen LogP contribution in [0.15, 0.2) is 37.4 Å². The maximum absolute atomic E-state index is 13.9. The van der Waals surface area contributed by atoms with E-state index in [2.05, 4.69) is 10.0 Å². The molecule has 0 aliphatic carbocycles. The summed E-state index contributed by atoms with van der Waals surface area (Å²) in [5, 5.41) is 36.3. The predicted octanol–water partition coefficient (Wildman–Crippen LogP) is 4.77. The van der Waals surface area contributed by atoms with Crippen molar-refractivity contribution in [1.82, 2.24) is 4.90 Å². The summed E-state index contributed by atoms with van der Waals surface area (Å²) in [7, 11) is 5.25. The van der Waals surface area contributed by atoms with Gasteiger partial charge in [-0.3, -0.25) is 14.4 Å². The predicted molar refractivity (Wildman–Crippen MR) is 157 cm³/mol. The minimum absolute atomic E-state index is 0.00210. The Hall–Kier alpha value is -4.66. The van der Waals surface area contributed by atoms with Crippen LogP contribution in [0, 0.1) is 0 Å². The molecule has 0 bridgehead atoms. The zero-order valence-electron chi connectivity index (χ0n) is 23.2. The van der Waals surface area contributed by atoms with Crippen molar-refractivity contribution in [3.05, 3.63) is 60.6 Å². The second kappa shape index (κ2) is 10.5. The second-order valence-corrected chi connectivity index (χ2v) is 11.4. The molecule has 2 aliphatic rings. The fourth-order valence-corrected chi connectivity index (χ4v) is 7.32. The van der Waals surface area contributed by atoms with Gasteiger partial charge in [-0.05, 0) is 34.4 Å². The highest BCUT2D eigenvalue weighted by Gasteiger charge is 2.45. The highest BCUT2D eigenvalue weighted by atomic mass is 35.5. The highest BCUT2D eigenvalue weighted by molar-refractivity contribution is 8.00. The summed E-state index contributed by atoms with van der Waals surface area (Å²) in [6.07, 6.45) is -2.57. The summed E-state index contributed by atoms with van der Waals surface area (Å²) in [4.78, 5) is 44.2. The van der Waals surface area contributed by atoms with E-state index < -0.39 is 46.3 Å². The van der Waals surface area contributed by atoms with Crippen LogP contribution in [0.4, 0.5) is 0 Å². The van der Waals surface area contributed by atoms with E-state index >= 15 is 0 Å². The van der Waals surface area contributed by atoms with Gasteiger partial charge in [0.15, 0.2) is 28.9 Å². The number of aliphatic hydroxyl groups is 1. The molecule has 44 heavy (non-hydrogen) atoms. The van der Waals surface area contributed by atoms with Gasteiger partial charge in [0.1, 0.15) is 28.2 Å². The molecule has 3 aromatic carbocycles. The molecule has 3 unspecified atom stereocenters. The molecular weight excluding hydrogens is 620 g/mol. The molecule has 0 saturated heterocycles. The quantitative estimate of drug-likeness (QED) is 0.120. The fraction of sp³-hybridized carbons (Fsp3) is 0.250. The first kappa shape index (κ1) is 29.4. The number of methoxy groups -OCH3 is 3. The number of benzene rings is 3. The summed E-state index contributed by atoms with van der Waals surface area (Å²) >= 11 is 7.04. The Morgan fingerprint density at radius 1 is 1.07 bits per heavy atom. The van der Waals surface area contributed by atoms with Crippen molar-refractivity contribution >= 4 is 57.1 Å². The third-order valence-electron chi connectivity index (χ3n) is 7.73. The number of azide groups is 1. The van der Waals surface area contributed by atoms with E-state index in [4.69, 9.17) is 35.8 Å². The Labute approximate surface area is 255 Å². The first-order valence-electron chi connectivity index (χ1n) is 12.7. The molecule has 226 valence electrons. The number of likely N-dealkylation sites (N-methyl/N-ethyl adjacent to an activating group) is 1. The van der Waals surface area contributed by atoms with Crippen molar-refractivity contribution in [2.75, 3.05) is 28.4 Å². The second-order valence-electron chi connectivity index (χ2n) is 9.84. The first-order valence-corrected chi connectivity index (χ1v) is 14.0. The number of halogens is 1. The standard InChI is InChI=1S/C28H21ClN4O10S/c1-33-27(39)13-9(17(35)28(33)42-4)7-10-12(18(13)36)14-19(37)15-16(34)8-5-6-11(29)21(40-2)20(8)43-22(15)23(41-3)25(14)44-24(10)26(38)31-32-30/h5-7,17,24,28,35-37H,1-4H3. The fourth-order valence-electron chi connectivity index (χ4n) is 5.80. The topological polar surface area (TPSA) is 205 Å². The van der Waals surface area contributed by atoms with Crippen LogP contribution in [0.25, 0.3) is 43.5 Å². The zero-order valence-corrected chi connectivity index (χ0v) is 24.8. The number of aromatic hydroxyl groups is 2. The van der Waals surface area contributed by atoms with E-state index in [1.54, 1.807) is 0 Å². The van der Waals surface area contributed by atoms with Gasteiger partial charge in [0.05, 0.1) is 35.1 Å². The highest BCUT2D eigenvalue weighted by Crippen LogP contribution is 2.61. The minimum atomic E-state index is -1.45. The molecule has 0 spiro atoms. The number of carbonyl (C=O) groups excluding carboxylic acids is 2. The van der Waals surface area contributed by atoms with Crippen LogP contribution in [0.3, 0.4) is 0 Å². The summed E-state index contributed by atoms with van der Waals surface area (Å²) < 4.78 is 22.4. The van der Waals surface area contributed by atoms with E-state index in [1.807, 2.05) is 0 Å². The number of hydrogen-bond acceptors (Lipinski definition) is 11. The van der Waals surface area contributed by atoms with Crippen LogP contribution < -0.4 is 14.9 Å². The van der Waals surface area contributed by atoms with E-state index in [9.17, 15) is 29.7 Å². The molecule has 0 fully saturated rings. The molecule has 0 saturated carbocycles. The van der Waals surface area contributed by atoms with E-state index in [1.165, 1.54) is 46.6 Å². The molecule has 1 aromatic heterocycles. The summed E-state index contributed by atoms with van der Waals surface area (Å²) in [6, 6.07) is 4.13. The summed E-state index contributed by atoms with van der Waals surface area (Å²) in [6.45, 7) is 0. The number of aliphatic hydroxyl groups excluding tert-OH is 1. The monoisotopic (exact) mass is 640 g/mol. The van der Waals surface area contributed by atoms with Gasteiger partial charge in [0.2, 0.25) is 11.3 Å². The third kappa shape index (κ3) is 3.84. The molecule has 2 amide bonds. The number of nitrogens with zero attached hydrogens (tertiary/aromatic N) is 4. The van der Waals surface area contributed by atoms with E-state index in [-0.39, 0.29) is 71.2 Å². The Morgan fingerprint density at radius 3 is 2.41 bits per heavy atom. The first-order chi connectivity index (χ1) is 21.0. The number of carbonyl (C=O) groups is 2. The minimum Gasteiger partial charge on any atom is -0.506 e. The lowest BCUT2D eigenvalue weighted by Gasteiger charge is -2.38. The van der Waals surface area contributed by atoms with Crippen molar-refractivity contribution < 1.29 is 43.5 Å². The maximum atomic E-state index is 13.9. The smallest absolute Gasteiger partial charge is 0.259 e. The zero-order chi connectivity index (χ0) is 31.8. The molecule has 3 N–H and O–H groups in total. The van der Waals surface area contributed by atoms with Crippen molar-refractivity contribution in [2.24, 2.45) is 5.11 Å². The van der Waals surface area contributed by atoms with Crippen LogP contribution in [0.5, 0.6) is 23.0 Å². The molecule has 16 heteroatoms. The van der Waals surface area contributed by atoms with E-state index in [0.29, 0.717) is 0 Å². The third-order valence-corrected chi connectivity index (χ3v) is 9.35. The van der Waals surface area contributed by atoms with E-state index in [0.717, 1.165) is 16.7 Å². The molecule has 6 rings (SSSR count). The molecule has 2 aliphatic heterocycles. The van der Waals surface area contributed by atoms with Gasteiger partial charge >= 0.3 is 0 Å². The van der Waals surface area contributed by atoms with Gasteiger partial charge in [-0.25, -0.2) is 0 Å². The van der Waals surface area contributed by atoms with Gasteiger partial charge in [-0.1, -0.05) is 11.6 Å². The SMILES string of the molecule is COc1c(Cl)ccc2c(=O)c3c(O)c4c(c(OC)c3oc12)SC(C(=O)N=[N+]=[N-])c1cc2c(c(O)c1-4)C(=O)N(C)C(OC)C2O. The number of ether oxygens (including phenoxy) is 3. The number of phenolic OH excluding ortho intramolecular Hbond substituents is 2. The Kier molecular flexibility index (Phi) is 7.02. The van der Waals surface area contributed by atoms with Crippen molar-refractivity contribution in [1.29, 1.82) is 0 Å². The van der Waals surface area contributed by atoms with Crippen LogP contribution in [0.1, 0.15) is 32.8 Å². The lowest BCUT2D eigenvalue weighted by Crippen LogP contribution is -2.47. The molecule has 14 nitrogen and oxygen atoms in total. The van der Waals surface area contributed by atoms with Crippen molar-refractivity contribution in [2.45, 2.75) is 22.5 Å². The number of amides is 2. The number of fused-ring (bicyclic) bond motifs is 6. The largest absolute Gasteiger partial charge is 0.506 e. The van der Waals surface area contributed by atoms with Crippen LogP contribution in [-0.2, 0) is 9.53 Å². The molecule has 3 atom stereocenters. The van der Waals surface area contributed by atoms with Crippen LogP contribution in [-0.4, -0.2) is 66.6 Å². The lowest BCUT2D eigenvalue weighted by molar-refractivity contribution is -0.117. The van der Waals surface area contributed by atoms with Crippen molar-refractivity contribution in [3.63, 3.8) is 0 Å². The number of hydrogen-bond donors (Lipinski definition) is 3. The van der Waals surface area contributed by atoms with Gasteiger partial charge in [-0.2, -0.15) is 0 Å². The summed E-state index contributed by atoms with van der Waals surface area (Å²) in [5.41, 5.74) is 7.37. The Morgan fingerprint density at radius 2 is 1.77 bits per heavy atom. The van der Waals surface area contributed by atoms with Crippen LogP contribution in [0.2, 0.25) is 5.02 Å². The van der Waals surface area contributed by atoms with Crippen LogP contribution >= 0.6 is 23.4 Å². The van der Waals surface area contributed by atoms with Gasteiger partial charge in [0.25, 0.3) is 5.91 Å². The average molecular weight is 641 g/mol. The summed E-state index contributed by atoms with van der Waals surface area (Å²) in [5.74, 6) is -3.11. The molecule has 0 radical (unpaired) electrons. The normalized spacial score (nSPS) is 18.8. The molecule has 3 heterocycles. The van der Waals surface area contributed by atoms with Crippen molar-refractivity contribution in [3.8, 4) is 34.1 Å². The number of rotatable bonds is 4. The van der Waals surface area contributed by atoms with Gasteiger partial charge in [-0.15, -0.1) is 11.8 Å².